The van der Waals surface area contributed by atoms with E-state index in [1.54, 1.807) is 0 Å². The number of likely N-dealkylation sites (N-methyl/N-ethyl adjacent to an activating group) is 1. The van der Waals surface area contributed by atoms with Crippen LogP contribution < -0.4 is 22.6 Å². The highest BCUT2D eigenvalue weighted by Crippen LogP contribution is 2.14. The number of ether oxygens (including phenoxy) is 1. The van der Waals surface area contributed by atoms with Crippen LogP contribution in [-0.2, 0) is 14.3 Å². The number of nitrogens with one attached hydrogen (secondary N) is 2. The van der Waals surface area contributed by atoms with Gasteiger partial charge in [-0.15, -0.1) is 0 Å². The fourth-order valence-corrected chi connectivity index (χ4v) is 6.01. The van der Waals surface area contributed by atoms with Crippen molar-refractivity contribution in [1.29, 1.82) is 0 Å². The summed E-state index contributed by atoms with van der Waals surface area (Å²) >= 11 is 0. The van der Waals surface area contributed by atoms with E-state index in [9.17, 15) is 9.59 Å². The van der Waals surface area contributed by atoms with Crippen LogP contribution in [0.3, 0.4) is 0 Å². The van der Waals surface area contributed by atoms with Gasteiger partial charge in [-0.1, -0.05) is 174 Å². The largest absolute Gasteiger partial charge is 1.00 e. The van der Waals surface area contributed by atoms with Crippen molar-refractivity contribution < 1.29 is 31.6 Å². The second kappa shape index (κ2) is 39.4. The third-order valence-corrected chi connectivity index (χ3v) is 9.14. The molecule has 0 spiro atoms. The molecule has 0 saturated carbocycles. The summed E-state index contributed by atoms with van der Waals surface area (Å²) in [7, 11) is 2.12. The van der Waals surface area contributed by atoms with E-state index in [0.29, 0.717) is 19.4 Å². The van der Waals surface area contributed by atoms with Crippen molar-refractivity contribution in [2.45, 2.75) is 206 Å². The Bertz CT molecular complexity index is 605. The maximum Gasteiger partial charge on any atom is 0.574 e. The van der Waals surface area contributed by atoms with Gasteiger partial charge in [0.2, 0.25) is 12.5 Å². The minimum atomic E-state index is -0.0512. The number of carbonyl (C=O) groups excluding carboxylic acids is 2. The Balaban J connectivity index is 0. The predicted molar refractivity (Wildman–Crippen MR) is 190 cm³/mol. The van der Waals surface area contributed by atoms with Crippen molar-refractivity contribution in [2.24, 2.45) is 0 Å². The lowest BCUT2D eigenvalue weighted by Crippen LogP contribution is -3.09. The first kappa shape index (κ1) is 46.3. The van der Waals surface area contributed by atoms with Gasteiger partial charge in [0.25, 0.3) is 0 Å². The molecule has 1 radical (unpaired) electrons. The number of hydrogen-bond donors (Lipinski definition) is 2. The molecule has 1 unspecified atom stereocenters. The fourth-order valence-electron chi connectivity index (χ4n) is 6.01. The molecule has 0 aliphatic rings. The summed E-state index contributed by atoms with van der Waals surface area (Å²) in [6.45, 7) is 7.59. The Morgan fingerprint density at radius 3 is 1.33 bits per heavy atom. The van der Waals surface area contributed by atoms with Gasteiger partial charge in [-0.3, -0.25) is 4.79 Å². The Morgan fingerprint density at radius 1 is 0.533 bits per heavy atom. The average Bonchev–Trinajstić information content (AvgIpc) is 3.01. The number of halogens is 1. The van der Waals surface area contributed by atoms with Crippen molar-refractivity contribution in [3.8, 4) is 0 Å². The molecule has 6 heteroatoms. The molecule has 0 rings (SSSR count). The molecular formula is C39H79ClN2O3+. The van der Waals surface area contributed by atoms with Crippen LogP contribution in [0.15, 0.2) is 0 Å². The second-order valence-electron chi connectivity index (χ2n) is 13.7. The minimum absolute atomic E-state index is 0. The van der Waals surface area contributed by atoms with E-state index in [2.05, 4.69) is 26.2 Å². The first-order valence-corrected chi connectivity index (χ1v) is 19.8. The Kier molecular flexibility index (Phi) is 40.5. The van der Waals surface area contributed by atoms with Crippen LogP contribution in [0, 0.1) is 0 Å². The molecule has 0 saturated heterocycles. The highest BCUT2D eigenvalue weighted by Gasteiger charge is 2.17. The maximum absolute atomic E-state index is 12.1. The van der Waals surface area contributed by atoms with Crippen LogP contribution >= 0.6 is 0 Å². The SMILES string of the molecule is CCCCCCCCCCCCCCCCCC(=[O+])OCC[NH+](C)CCCC(=O)NCCCCCCCCCCCCCC.[Cl-]. The van der Waals surface area contributed by atoms with Crippen molar-refractivity contribution in [3.63, 3.8) is 0 Å². The minimum Gasteiger partial charge on any atom is -1.00 e. The summed E-state index contributed by atoms with van der Waals surface area (Å²) in [5.74, 6) is 0.125. The van der Waals surface area contributed by atoms with Gasteiger partial charge in [0, 0.05) is 24.2 Å². The van der Waals surface area contributed by atoms with Crippen LogP contribution in [0.25, 0.3) is 0 Å². The summed E-state index contributed by atoms with van der Waals surface area (Å²) in [4.78, 5) is 25.5. The molecule has 0 bridgehead atoms. The average molecular weight is 660 g/mol. The number of rotatable bonds is 36. The third kappa shape index (κ3) is 39.3. The van der Waals surface area contributed by atoms with E-state index in [-0.39, 0.29) is 24.3 Å². The third-order valence-electron chi connectivity index (χ3n) is 9.14. The first-order chi connectivity index (χ1) is 21.6. The molecule has 5 nitrogen and oxygen atoms in total. The molecule has 0 aromatic rings. The molecule has 0 aromatic heterocycles. The first-order valence-electron chi connectivity index (χ1n) is 19.8. The lowest BCUT2D eigenvalue weighted by atomic mass is 10.0. The normalized spacial score (nSPS) is 11.7. The van der Waals surface area contributed by atoms with E-state index in [1.807, 2.05) is 0 Å². The molecule has 0 aliphatic heterocycles. The molecule has 0 aromatic carbocycles. The van der Waals surface area contributed by atoms with Gasteiger partial charge < -0.3 is 27.4 Å². The molecule has 0 fully saturated rings. The van der Waals surface area contributed by atoms with Gasteiger partial charge in [0.15, 0.2) is 0 Å². The van der Waals surface area contributed by atoms with E-state index < -0.39 is 0 Å². The van der Waals surface area contributed by atoms with Gasteiger partial charge >= 0.3 is 5.97 Å². The molecule has 0 heterocycles. The summed E-state index contributed by atoms with van der Waals surface area (Å²) in [6.07, 6.45) is 38.1. The lowest BCUT2D eigenvalue weighted by molar-refractivity contribution is -0.880. The number of quaternary nitrogens is 1. The molecule has 2 N–H and O–H groups in total. The van der Waals surface area contributed by atoms with E-state index in [0.717, 1.165) is 45.3 Å². The monoisotopic (exact) mass is 659 g/mol. The van der Waals surface area contributed by atoms with E-state index in [1.165, 1.54) is 159 Å². The highest BCUT2D eigenvalue weighted by atomic mass is 35.5. The zero-order chi connectivity index (χ0) is 32.2. The lowest BCUT2D eigenvalue weighted by Gasteiger charge is -2.11. The quantitative estimate of drug-likeness (QED) is 0.0437. The Hall–Kier alpha value is -0.810. The van der Waals surface area contributed by atoms with Gasteiger partial charge in [-0.2, -0.15) is 0 Å². The summed E-state index contributed by atoms with van der Waals surface area (Å²) in [5, 5.41) is 3.09. The predicted octanol–water partition coefficient (Wildman–Crippen LogP) is 6.91. The number of carbonyl (C=O) groups is 2. The fraction of sp³-hybridized carbons (Fsp3) is 0.949. The molecule has 1 amide bonds. The zero-order valence-electron chi connectivity index (χ0n) is 30.6. The van der Waals surface area contributed by atoms with Crippen molar-refractivity contribution >= 4 is 11.9 Å². The van der Waals surface area contributed by atoms with Gasteiger partial charge in [0.1, 0.15) is 13.0 Å². The molecule has 269 valence electrons. The summed E-state index contributed by atoms with van der Waals surface area (Å²) < 4.78 is 5.45. The van der Waals surface area contributed by atoms with Gasteiger partial charge in [-0.05, 0) is 12.8 Å². The van der Waals surface area contributed by atoms with Crippen LogP contribution in [0.5, 0.6) is 0 Å². The topological polar surface area (TPSA) is 62.7 Å². The summed E-state index contributed by atoms with van der Waals surface area (Å²) in [5.41, 5.74) is 0. The van der Waals surface area contributed by atoms with Crippen molar-refractivity contribution in [2.75, 3.05) is 33.3 Å². The van der Waals surface area contributed by atoms with Crippen LogP contribution in [0.1, 0.15) is 206 Å². The van der Waals surface area contributed by atoms with Crippen molar-refractivity contribution in [3.05, 3.63) is 0 Å². The number of unbranched alkanes of at least 4 members (excludes halogenated alkanes) is 25. The van der Waals surface area contributed by atoms with Crippen LogP contribution in [0.2, 0.25) is 0 Å². The standard InChI is InChI=1S/C39H78N2O3.ClH/c1-4-6-8-10-12-14-16-18-19-20-21-23-25-27-29-33-39(43)44-37-36-41(3)35-31-32-38(42)40-34-30-28-26-24-22-17-15-13-11-9-7-5-2;/h4-37H2,1-3H3,(H,40,42);1H/q+1;. The molecule has 1 atom stereocenters. The second-order valence-corrected chi connectivity index (χ2v) is 13.7. The number of amides is 1. The van der Waals surface area contributed by atoms with Crippen molar-refractivity contribution in [1.82, 2.24) is 5.32 Å². The van der Waals surface area contributed by atoms with Crippen LogP contribution in [-0.4, -0.2) is 45.2 Å². The zero-order valence-corrected chi connectivity index (χ0v) is 31.4. The maximum atomic E-state index is 12.1. The molecular weight excluding hydrogens is 580 g/mol. The smallest absolute Gasteiger partial charge is 0.574 e. The molecule has 0 aliphatic carbocycles. The van der Waals surface area contributed by atoms with Crippen LogP contribution in [0.4, 0.5) is 0 Å². The molecule has 45 heavy (non-hydrogen) atoms. The van der Waals surface area contributed by atoms with Gasteiger partial charge in [-0.25, -0.2) is 0 Å². The summed E-state index contributed by atoms with van der Waals surface area (Å²) in [6, 6.07) is 0. The van der Waals surface area contributed by atoms with E-state index >= 15 is 0 Å². The number of hydrogen-bond acceptors (Lipinski definition) is 3. The number of esters is 1. The Labute approximate surface area is 288 Å². The Morgan fingerprint density at radius 2 is 0.911 bits per heavy atom. The highest BCUT2D eigenvalue weighted by molar-refractivity contribution is 5.75. The van der Waals surface area contributed by atoms with E-state index in [4.69, 9.17) is 4.74 Å². The van der Waals surface area contributed by atoms with Gasteiger partial charge in [0.05, 0.1) is 13.6 Å².